The third kappa shape index (κ3) is 4.77. The third-order valence-corrected chi connectivity index (χ3v) is 10.4. The molecule has 50 heavy (non-hydrogen) atoms. The molecule has 0 unspecified atom stereocenters. The minimum absolute atomic E-state index is 0.624. The van der Waals surface area contributed by atoms with Gasteiger partial charge in [0.05, 0.1) is 0 Å². The van der Waals surface area contributed by atoms with Crippen LogP contribution >= 0.6 is 11.3 Å². The topological polar surface area (TPSA) is 64.7 Å². The number of aromatic nitrogens is 4. The molecule has 10 aromatic rings. The average molecular weight is 659 g/mol. The Morgan fingerprint density at radius 3 is 1.76 bits per heavy atom. The molecule has 10 rings (SSSR count). The highest BCUT2D eigenvalue weighted by Gasteiger charge is 2.21. The summed E-state index contributed by atoms with van der Waals surface area (Å²) >= 11 is 1.80. The van der Waals surface area contributed by atoms with Crippen molar-refractivity contribution in [2.24, 2.45) is 0 Å². The van der Waals surface area contributed by atoms with Crippen LogP contribution in [0.3, 0.4) is 0 Å². The lowest BCUT2D eigenvalue weighted by atomic mass is 9.95. The molecule has 5 nitrogen and oxygen atoms in total. The van der Waals surface area contributed by atoms with E-state index in [-0.39, 0.29) is 0 Å². The highest BCUT2D eigenvalue weighted by atomic mass is 32.1. The second-order valence-electron chi connectivity index (χ2n) is 12.2. The number of nitrogens with zero attached hydrogens (tertiary/aromatic N) is 4. The van der Waals surface area contributed by atoms with Gasteiger partial charge in [-0.3, -0.25) is 0 Å². The molecule has 0 fully saturated rings. The highest BCUT2D eigenvalue weighted by molar-refractivity contribution is 7.26. The summed E-state index contributed by atoms with van der Waals surface area (Å²) in [7, 11) is 0. The summed E-state index contributed by atoms with van der Waals surface area (Å²) in [4.78, 5) is 19.8. The van der Waals surface area contributed by atoms with Gasteiger partial charge in [0.25, 0.3) is 0 Å². The van der Waals surface area contributed by atoms with E-state index in [9.17, 15) is 0 Å². The molecule has 0 atom stereocenters. The van der Waals surface area contributed by atoms with Gasteiger partial charge in [-0.1, -0.05) is 127 Å². The summed E-state index contributed by atoms with van der Waals surface area (Å²) in [5.41, 5.74) is 7.72. The minimum Gasteiger partial charge on any atom is -0.435 e. The molecule has 0 aliphatic heterocycles. The van der Waals surface area contributed by atoms with E-state index < -0.39 is 0 Å². The van der Waals surface area contributed by atoms with E-state index in [0.29, 0.717) is 23.4 Å². The molecule has 0 amide bonds. The van der Waals surface area contributed by atoms with Gasteiger partial charge in [0.2, 0.25) is 5.89 Å². The summed E-state index contributed by atoms with van der Waals surface area (Å²) in [6.07, 6.45) is 0. The monoisotopic (exact) mass is 658 g/mol. The lowest BCUT2D eigenvalue weighted by Crippen LogP contribution is -2.00. The predicted molar refractivity (Wildman–Crippen MR) is 205 cm³/mol. The highest BCUT2D eigenvalue weighted by Crippen LogP contribution is 2.46. The Balaban J connectivity index is 1.16. The fourth-order valence-electron chi connectivity index (χ4n) is 6.77. The molecular weight excluding hydrogens is 633 g/mol. The van der Waals surface area contributed by atoms with Gasteiger partial charge in [0.1, 0.15) is 5.52 Å². The SMILES string of the molecule is c1ccc(-c2nc(-c3ccccc3)nc(-c3ccc4c(-c5cc6nc(-c7ccccc7)oc6c6c5sc5ccccc56)cccc4c3)n2)cc1. The van der Waals surface area contributed by atoms with Crippen molar-refractivity contribution in [1.82, 2.24) is 19.9 Å². The number of fused-ring (bicyclic) bond motifs is 6. The first-order valence-electron chi connectivity index (χ1n) is 16.5. The van der Waals surface area contributed by atoms with E-state index in [1.807, 2.05) is 91.0 Å². The maximum Gasteiger partial charge on any atom is 0.227 e. The maximum atomic E-state index is 6.54. The zero-order chi connectivity index (χ0) is 33.0. The fourth-order valence-corrected chi connectivity index (χ4v) is 8.00. The van der Waals surface area contributed by atoms with Crippen molar-refractivity contribution in [2.45, 2.75) is 0 Å². The first-order chi connectivity index (χ1) is 24.8. The van der Waals surface area contributed by atoms with Gasteiger partial charge in [-0.05, 0) is 46.7 Å². The Kier molecular flexibility index (Phi) is 6.60. The van der Waals surface area contributed by atoms with Crippen LogP contribution in [0.2, 0.25) is 0 Å². The number of oxazole rings is 1. The van der Waals surface area contributed by atoms with Gasteiger partial charge >= 0.3 is 0 Å². The van der Waals surface area contributed by atoms with Crippen LogP contribution in [0.25, 0.3) is 98.8 Å². The molecule has 234 valence electrons. The van der Waals surface area contributed by atoms with Gasteiger partial charge in [-0.2, -0.15) is 0 Å². The standard InChI is InChI=1S/C44H26N4OS/c1-4-13-27(14-5-1)41-46-42(28-15-6-2-7-16-28)48-43(47-41)31-23-24-32-30(25-31)19-12-21-33(32)35-26-36-39(49-44(45-36)29-17-8-3-9-18-29)38-34-20-10-11-22-37(34)50-40(35)38/h1-26H. The average Bonchev–Trinajstić information content (AvgIpc) is 3.80. The molecule has 0 saturated heterocycles. The van der Waals surface area contributed by atoms with Crippen LogP contribution in [-0.4, -0.2) is 19.9 Å². The van der Waals surface area contributed by atoms with Crippen molar-refractivity contribution in [3.8, 4) is 56.7 Å². The van der Waals surface area contributed by atoms with Crippen LogP contribution in [0.5, 0.6) is 0 Å². The van der Waals surface area contributed by atoms with Gasteiger partial charge in [0.15, 0.2) is 23.1 Å². The van der Waals surface area contributed by atoms with Crippen LogP contribution in [0.4, 0.5) is 0 Å². The lowest BCUT2D eigenvalue weighted by molar-refractivity contribution is 0.623. The fraction of sp³-hybridized carbons (Fsp3) is 0. The van der Waals surface area contributed by atoms with E-state index in [4.69, 9.17) is 24.4 Å². The van der Waals surface area contributed by atoms with Gasteiger partial charge in [-0.25, -0.2) is 19.9 Å². The molecule has 0 saturated carbocycles. The number of thiophene rings is 1. The molecule has 0 spiro atoms. The molecule has 0 aliphatic carbocycles. The Morgan fingerprint density at radius 2 is 1.06 bits per heavy atom. The quantitative estimate of drug-likeness (QED) is 0.184. The molecule has 0 aliphatic rings. The summed E-state index contributed by atoms with van der Waals surface area (Å²) in [6, 6.07) is 54.0. The Morgan fingerprint density at radius 1 is 0.440 bits per heavy atom. The first-order valence-corrected chi connectivity index (χ1v) is 17.3. The van der Waals surface area contributed by atoms with Crippen molar-refractivity contribution >= 4 is 53.4 Å². The van der Waals surface area contributed by atoms with Crippen LogP contribution in [0, 0.1) is 0 Å². The van der Waals surface area contributed by atoms with E-state index in [1.165, 1.54) is 14.8 Å². The van der Waals surface area contributed by atoms with Gasteiger partial charge in [0, 0.05) is 48.0 Å². The van der Waals surface area contributed by atoms with Crippen LogP contribution in [0.15, 0.2) is 162 Å². The van der Waals surface area contributed by atoms with Crippen LogP contribution in [-0.2, 0) is 0 Å². The van der Waals surface area contributed by atoms with Crippen molar-refractivity contribution in [1.29, 1.82) is 0 Å². The van der Waals surface area contributed by atoms with Crippen molar-refractivity contribution in [3.63, 3.8) is 0 Å². The molecule has 0 N–H and O–H groups in total. The van der Waals surface area contributed by atoms with E-state index in [0.717, 1.165) is 60.6 Å². The molecular formula is C44H26N4OS. The van der Waals surface area contributed by atoms with E-state index in [2.05, 4.69) is 66.7 Å². The Labute approximate surface area is 291 Å². The molecule has 0 radical (unpaired) electrons. The Bertz CT molecular complexity index is 2810. The maximum absolute atomic E-state index is 6.54. The second kappa shape index (κ2) is 11.6. The molecule has 7 aromatic carbocycles. The number of benzene rings is 7. The van der Waals surface area contributed by atoms with E-state index >= 15 is 0 Å². The smallest absolute Gasteiger partial charge is 0.227 e. The van der Waals surface area contributed by atoms with Gasteiger partial charge < -0.3 is 4.42 Å². The zero-order valence-corrected chi connectivity index (χ0v) is 27.4. The summed E-state index contributed by atoms with van der Waals surface area (Å²) in [5.74, 6) is 2.55. The minimum atomic E-state index is 0.624. The Hall–Kier alpha value is -6.50. The third-order valence-electron chi connectivity index (χ3n) is 9.15. The predicted octanol–water partition coefficient (Wildman–Crippen LogP) is 11.9. The number of rotatable bonds is 5. The molecule has 3 heterocycles. The lowest BCUT2D eigenvalue weighted by Gasteiger charge is -2.11. The normalized spacial score (nSPS) is 11.6. The van der Waals surface area contributed by atoms with Crippen LogP contribution < -0.4 is 0 Å². The van der Waals surface area contributed by atoms with Crippen molar-refractivity contribution < 1.29 is 4.42 Å². The molecule has 3 aromatic heterocycles. The molecule has 6 heteroatoms. The second-order valence-corrected chi connectivity index (χ2v) is 13.3. The molecule has 0 bridgehead atoms. The summed E-state index contributed by atoms with van der Waals surface area (Å²) in [5, 5.41) is 4.52. The number of hydrogen-bond donors (Lipinski definition) is 0. The van der Waals surface area contributed by atoms with E-state index in [1.54, 1.807) is 11.3 Å². The largest absolute Gasteiger partial charge is 0.435 e. The zero-order valence-electron chi connectivity index (χ0n) is 26.6. The number of hydrogen-bond acceptors (Lipinski definition) is 6. The van der Waals surface area contributed by atoms with Crippen molar-refractivity contribution in [3.05, 3.63) is 158 Å². The van der Waals surface area contributed by atoms with Crippen molar-refractivity contribution in [2.75, 3.05) is 0 Å². The summed E-state index contributed by atoms with van der Waals surface area (Å²) < 4.78 is 8.94. The van der Waals surface area contributed by atoms with Crippen LogP contribution in [0.1, 0.15) is 0 Å². The summed E-state index contributed by atoms with van der Waals surface area (Å²) in [6.45, 7) is 0. The first kappa shape index (κ1) is 28.5. The van der Waals surface area contributed by atoms with Gasteiger partial charge in [-0.15, -0.1) is 11.3 Å².